The topological polar surface area (TPSA) is 81.9 Å². The number of cyclic esters (lactones) is 1. The first kappa shape index (κ1) is 27.6. The second kappa shape index (κ2) is 16.3. The molecule has 2 saturated heterocycles. The monoisotopic (exact) mass is 462 g/mol. The number of hydrogen-bond donors (Lipinski definition) is 1. The van der Waals surface area contributed by atoms with Crippen LogP contribution in [-0.4, -0.2) is 49.3 Å². The number of imide groups is 1. The van der Waals surface area contributed by atoms with Crippen molar-refractivity contribution in [1.29, 1.82) is 0 Å². The normalized spacial score (nSPS) is 21.5. The highest BCUT2D eigenvalue weighted by Gasteiger charge is 2.32. The molecule has 176 valence electrons. The van der Waals surface area contributed by atoms with E-state index in [1.807, 2.05) is 80.6 Å². The van der Waals surface area contributed by atoms with Crippen LogP contribution >= 0.6 is 11.6 Å². The Morgan fingerprint density at radius 1 is 0.969 bits per heavy atom. The third kappa shape index (κ3) is 11.3. The zero-order valence-corrected chi connectivity index (χ0v) is 19.9. The van der Waals surface area contributed by atoms with Crippen LogP contribution in [0.3, 0.4) is 0 Å². The Balaban J connectivity index is 0.000000279. The molecular weight excluding hydrogens is 428 g/mol. The maximum atomic E-state index is 11.9. The highest BCUT2D eigenvalue weighted by molar-refractivity contribution is 6.30. The molecule has 2 fully saturated rings. The molecule has 4 rings (SSSR count). The summed E-state index contributed by atoms with van der Waals surface area (Å²) in [6.45, 7) is 4.77. The standard InChI is InChI=1S/C12H19NO4.C6H5Cl.C6H6.CH5N/c1-8-5-10(6-9(2)17-8)7-11(14)13-3-4-16-12(13)15;7-6-4-2-1-3-5-6;1-2-4-6-5-3-1;1-2/h8-10H,3-7H2,1-2H3;1-5H;1-6H;2H2,1H3/t8-,9?,10?;;;/m0.../s1. The van der Waals surface area contributed by atoms with Gasteiger partial charge in [0.15, 0.2) is 0 Å². The molecule has 2 amide bonds. The summed E-state index contributed by atoms with van der Waals surface area (Å²) in [5.41, 5.74) is 4.50. The summed E-state index contributed by atoms with van der Waals surface area (Å²) in [5.74, 6) is 0.202. The van der Waals surface area contributed by atoms with Crippen LogP contribution in [0.25, 0.3) is 0 Å². The van der Waals surface area contributed by atoms with Gasteiger partial charge in [-0.25, -0.2) is 9.69 Å². The van der Waals surface area contributed by atoms with E-state index in [0.717, 1.165) is 17.9 Å². The lowest BCUT2D eigenvalue weighted by atomic mass is 9.89. The molecule has 3 atom stereocenters. The van der Waals surface area contributed by atoms with Crippen LogP contribution in [0.1, 0.15) is 33.1 Å². The Morgan fingerprint density at radius 2 is 1.44 bits per heavy atom. The van der Waals surface area contributed by atoms with Crippen LogP contribution in [0.15, 0.2) is 66.7 Å². The second-order valence-corrected chi connectivity index (χ2v) is 7.85. The first-order valence-electron chi connectivity index (χ1n) is 10.9. The lowest BCUT2D eigenvalue weighted by Gasteiger charge is -2.32. The van der Waals surface area contributed by atoms with Crippen molar-refractivity contribution in [3.8, 4) is 0 Å². The fourth-order valence-electron chi connectivity index (χ4n) is 3.49. The Bertz CT molecular complexity index is 724. The minimum Gasteiger partial charge on any atom is -0.447 e. The van der Waals surface area contributed by atoms with Gasteiger partial charge in [0.25, 0.3) is 0 Å². The molecule has 7 heteroatoms. The fourth-order valence-corrected chi connectivity index (χ4v) is 3.63. The average molecular weight is 463 g/mol. The van der Waals surface area contributed by atoms with E-state index in [4.69, 9.17) is 21.1 Å². The number of rotatable bonds is 2. The van der Waals surface area contributed by atoms with Gasteiger partial charge in [-0.05, 0) is 51.8 Å². The largest absolute Gasteiger partial charge is 0.447 e. The molecule has 0 radical (unpaired) electrons. The molecule has 2 N–H and O–H groups in total. The molecule has 6 nitrogen and oxygen atoms in total. The Labute approximate surface area is 196 Å². The van der Waals surface area contributed by atoms with E-state index >= 15 is 0 Å². The molecule has 0 aromatic heterocycles. The Kier molecular flexibility index (Phi) is 14.0. The van der Waals surface area contributed by atoms with E-state index in [1.54, 1.807) is 0 Å². The summed E-state index contributed by atoms with van der Waals surface area (Å²) >= 11 is 5.54. The van der Waals surface area contributed by atoms with Gasteiger partial charge >= 0.3 is 6.09 Å². The maximum absolute atomic E-state index is 11.9. The number of halogens is 1. The molecule has 2 heterocycles. The zero-order valence-electron chi connectivity index (χ0n) is 19.2. The quantitative estimate of drug-likeness (QED) is 0.666. The molecule has 2 aromatic carbocycles. The number of amides is 2. The summed E-state index contributed by atoms with van der Waals surface area (Å²) in [6, 6.07) is 21.4. The molecule has 0 spiro atoms. The number of benzene rings is 2. The van der Waals surface area contributed by atoms with Gasteiger partial charge in [-0.3, -0.25) is 4.79 Å². The summed E-state index contributed by atoms with van der Waals surface area (Å²) in [7, 11) is 1.50. The van der Waals surface area contributed by atoms with Gasteiger partial charge in [0.05, 0.1) is 18.8 Å². The first-order chi connectivity index (χ1) is 15.5. The van der Waals surface area contributed by atoms with E-state index < -0.39 is 6.09 Å². The molecule has 2 aliphatic rings. The van der Waals surface area contributed by atoms with Crippen LogP contribution < -0.4 is 5.73 Å². The number of carbonyl (C=O) groups excluding carboxylic acids is 2. The Morgan fingerprint density at radius 3 is 1.81 bits per heavy atom. The van der Waals surface area contributed by atoms with Crippen molar-refractivity contribution in [3.63, 3.8) is 0 Å². The van der Waals surface area contributed by atoms with Crippen molar-refractivity contribution in [2.24, 2.45) is 11.7 Å². The molecule has 0 saturated carbocycles. The summed E-state index contributed by atoms with van der Waals surface area (Å²) in [6.07, 6.45) is 2.10. The van der Waals surface area contributed by atoms with Crippen LogP contribution in [0, 0.1) is 5.92 Å². The third-order valence-electron chi connectivity index (χ3n) is 4.72. The number of ether oxygens (including phenoxy) is 2. The zero-order chi connectivity index (χ0) is 23.8. The van der Waals surface area contributed by atoms with Gasteiger partial charge < -0.3 is 15.2 Å². The predicted molar refractivity (Wildman–Crippen MR) is 128 cm³/mol. The molecule has 2 aliphatic heterocycles. The molecule has 32 heavy (non-hydrogen) atoms. The minimum atomic E-state index is -0.497. The van der Waals surface area contributed by atoms with Crippen molar-refractivity contribution in [1.82, 2.24) is 4.90 Å². The number of carbonyl (C=O) groups is 2. The van der Waals surface area contributed by atoms with E-state index in [0.29, 0.717) is 25.5 Å². The van der Waals surface area contributed by atoms with Crippen LogP contribution in [0.5, 0.6) is 0 Å². The summed E-state index contributed by atoms with van der Waals surface area (Å²) in [4.78, 5) is 24.4. The van der Waals surface area contributed by atoms with Gasteiger partial charge in [0.1, 0.15) is 6.61 Å². The van der Waals surface area contributed by atoms with Gasteiger partial charge in [0, 0.05) is 11.4 Å². The fraction of sp³-hybridized carbons (Fsp3) is 0.440. The average Bonchev–Trinajstić information content (AvgIpc) is 3.23. The molecule has 0 bridgehead atoms. The third-order valence-corrected chi connectivity index (χ3v) is 4.97. The predicted octanol–water partition coefficient (Wildman–Crippen LogP) is 5.16. The molecule has 2 unspecified atom stereocenters. The van der Waals surface area contributed by atoms with Crippen molar-refractivity contribution < 1.29 is 19.1 Å². The summed E-state index contributed by atoms with van der Waals surface area (Å²) in [5, 5.41) is 0.794. The van der Waals surface area contributed by atoms with Gasteiger partial charge in [-0.15, -0.1) is 0 Å². The van der Waals surface area contributed by atoms with Gasteiger partial charge in [-0.2, -0.15) is 0 Å². The molecule has 0 aliphatic carbocycles. The lowest BCUT2D eigenvalue weighted by Crippen LogP contribution is -2.36. The SMILES string of the molecule is CC1CC(CC(=O)N2CCOC2=O)C[C@H](C)O1.CN.Clc1ccccc1.c1ccccc1. The van der Waals surface area contributed by atoms with E-state index in [-0.39, 0.29) is 18.1 Å². The van der Waals surface area contributed by atoms with Crippen LogP contribution in [-0.2, 0) is 14.3 Å². The van der Waals surface area contributed by atoms with Crippen molar-refractivity contribution in [3.05, 3.63) is 71.8 Å². The number of hydrogen-bond acceptors (Lipinski definition) is 5. The van der Waals surface area contributed by atoms with E-state index in [2.05, 4.69) is 5.73 Å². The Hall–Kier alpha value is -2.41. The lowest BCUT2D eigenvalue weighted by molar-refractivity contribution is -0.130. The van der Waals surface area contributed by atoms with Crippen molar-refractivity contribution >= 4 is 23.6 Å². The van der Waals surface area contributed by atoms with Crippen LogP contribution in [0.2, 0.25) is 5.02 Å². The smallest absolute Gasteiger partial charge is 0.416 e. The van der Waals surface area contributed by atoms with Gasteiger partial charge in [0.2, 0.25) is 5.91 Å². The maximum Gasteiger partial charge on any atom is 0.416 e. The first-order valence-corrected chi connectivity index (χ1v) is 11.2. The van der Waals surface area contributed by atoms with Crippen LogP contribution in [0.4, 0.5) is 4.79 Å². The number of nitrogens with two attached hydrogens (primary N) is 1. The van der Waals surface area contributed by atoms with Crippen molar-refractivity contribution in [2.45, 2.75) is 45.3 Å². The van der Waals surface area contributed by atoms with Gasteiger partial charge in [-0.1, -0.05) is 66.2 Å². The second-order valence-electron chi connectivity index (χ2n) is 7.41. The number of nitrogens with zero attached hydrogens (tertiary/aromatic N) is 1. The van der Waals surface area contributed by atoms with E-state index in [9.17, 15) is 9.59 Å². The van der Waals surface area contributed by atoms with E-state index in [1.165, 1.54) is 11.9 Å². The molecular formula is C25H35ClN2O4. The molecule has 2 aromatic rings. The van der Waals surface area contributed by atoms with Crippen molar-refractivity contribution in [2.75, 3.05) is 20.2 Å². The highest BCUT2D eigenvalue weighted by Crippen LogP contribution is 2.28. The minimum absolute atomic E-state index is 0.112. The summed E-state index contributed by atoms with van der Waals surface area (Å²) < 4.78 is 10.4. The highest BCUT2D eigenvalue weighted by atomic mass is 35.5.